The van der Waals surface area contributed by atoms with Crippen molar-refractivity contribution in [3.63, 3.8) is 0 Å². The van der Waals surface area contributed by atoms with Gasteiger partial charge >= 0.3 is 0 Å². The highest BCUT2D eigenvalue weighted by molar-refractivity contribution is 7.92. The fourth-order valence-electron chi connectivity index (χ4n) is 2.37. The van der Waals surface area contributed by atoms with Crippen LogP contribution in [0.15, 0.2) is 53.4 Å². The molecule has 19 heavy (non-hydrogen) atoms. The average Bonchev–Trinajstić information content (AvgIpc) is 2.47. The van der Waals surface area contributed by atoms with Crippen LogP contribution in [-0.4, -0.2) is 13.8 Å². The minimum atomic E-state index is -3.34. The Bertz CT molecular complexity index is 680. The average molecular weight is 272 g/mol. The fraction of sp³-hybridized carbons (Fsp3) is 0.200. The second-order valence-electron chi connectivity index (χ2n) is 4.61. The zero-order valence-electron chi connectivity index (χ0n) is 10.3. The molecule has 1 atom stereocenters. The van der Waals surface area contributed by atoms with E-state index in [1.807, 2.05) is 24.3 Å². The minimum Gasteiger partial charge on any atom is -0.369 e. The molecule has 4 heteroatoms. The lowest BCUT2D eigenvalue weighted by atomic mass is 10.0. The Morgan fingerprint density at radius 3 is 2.63 bits per heavy atom. The van der Waals surface area contributed by atoms with E-state index in [-0.39, 0.29) is 0 Å². The van der Waals surface area contributed by atoms with Crippen molar-refractivity contribution in [2.45, 2.75) is 23.1 Å². The van der Waals surface area contributed by atoms with Gasteiger partial charge in [-0.2, -0.15) is 0 Å². The zero-order valence-corrected chi connectivity index (χ0v) is 11.2. The third-order valence-corrected chi connectivity index (χ3v) is 5.43. The molecular weight excluding hydrogens is 258 g/mol. The van der Waals surface area contributed by atoms with E-state index in [1.165, 1.54) is 5.56 Å². The standard InChI is InChI=1S/C15H14NO2S/c17-19(18,13-7-2-1-3-8-13)15-11-10-12-6-4-5-9-14(12)16-15/h2-9,15-16H,10-11H2. The summed E-state index contributed by atoms with van der Waals surface area (Å²) in [6, 6.07) is 17.1. The van der Waals surface area contributed by atoms with Gasteiger partial charge in [0.1, 0.15) is 5.37 Å². The van der Waals surface area contributed by atoms with Crippen molar-refractivity contribution >= 4 is 15.5 Å². The molecule has 1 radical (unpaired) electrons. The maximum atomic E-state index is 12.5. The number of nitrogens with one attached hydrogen (secondary N) is 1. The van der Waals surface area contributed by atoms with E-state index in [4.69, 9.17) is 0 Å². The number of fused-ring (bicyclic) bond motifs is 1. The molecule has 0 saturated heterocycles. The minimum absolute atomic E-state index is 0.350. The van der Waals surface area contributed by atoms with Crippen LogP contribution in [-0.2, 0) is 16.3 Å². The first kappa shape index (κ1) is 12.2. The molecule has 0 spiro atoms. The van der Waals surface area contributed by atoms with Crippen LogP contribution in [0.5, 0.6) is 0 Å². The molecule has 1 N–H and O–H groups in total. The van der Waals surface area contributed by atoms with Gasteiger partial charge in [-0.05, 0) is 42.7 Å². The van der Waals surface area contributed by atoms with Gasteiger partial charge in [-0.15, -0.1) is 0 Å². The molecular formula is C15H14NO2S. The summed E-state index contributed by atoms with van der Waals surface area (Å²) in [5.41, 5.74) is 2.10. The molecule has 3 nitrogen and oxygen atoms in total. The van der Waals surface area contributed by atoms with E-state index in [2.05, 4.69) is 11.4 Å². The quantitative estimate of drug-likeness (QED) is 0.914. The van der Waals surface area contributed by atoms with Crippen LogP contribution in [0.3, 0.4) is 0 Å². The van der Waals surface area contributed by atoms with Crippen LogP contribution in [0.4, 0.5) is 5.69 Å². The van der Waals surface area contributed by atoms with Crippen LogP contribution in [0.2, 0.25) is 0 Å². The molecule has 0 aromatic heterocycles. The highest BCUT2D eigenvalue weighted by atomic mass is 32.2. The fourth-order valence-corrected chi connectivity index (χ4v) is 3.92. The number of aryl methyl sites for hydroxylation is 1. The Balaban J connectivity index is 1.93. The molecule has 1 aliphatic heterocycles. The molecule has 0 saturated carbocycles. The Kier molecular flexibility index (Phi) is 3.03. The molecule has 0 aliphatic carbocycles. The van der Waals surface area contributed by atoms with Gasteiger partial charge < -0.3 is 5.32 Å². The van der Waals surface area contributed by atoms with Crippen molar-refractivity contribution in [2.24, 2.45) is 0 Å². The second-order valence-corrected chi connectivity index (χ2v) is 6.74. The summed E-state index contributed by atoms with van der Waals surface area (Å²) in [4.78, 5) is 0.350. The van der Waals surface area contributed by atoms with E-state index in [0.29, 0.717) is 11.3 Å². The van der Waals surface area contributed by atoms with Crippen molar-refractivity contribution in [2.75, 3.05) is 5.32 Å². The smallest absolute Gasteiger partial charge is 0.199 e. The normalized spacial score (nSPS) is 18.4. The number of para-hydroxylation sites is 1. The molecule has 1 aliphatic rings. The molecule has 2 aromatic rings. The van der Waals surface area contributed by atoms with E-state index < -0.39 is 15.2 Å². The number of anilines is 1. The molecule has 0 fully saturated rings. The Morgan fingerprint density at radius 1 is 1.11 bits per heavy atom. The van der Waals surface area contributed by atoms with Crippen molar-refractivity contribution in [3.05, 3.63) is 60.2 Å². The van der Waals surface area contributed by atoms with Crippen molar-refractivity contribution in [1.29, 1.82) is 0 Å². The predicted molar refractivity (Wildman–Crippen MR) is 74.6 cm³/mol. The summed E-state index contributed by atoms with van der Waals surface area (Å²) in [5, 5.41) is 2.59. The topological polar surface area (TPSA) is 46.2 Å². The summed E-state index contributed by atoms with van der Waals surface area (Å²) >= 11 is 0. The first-order chi connectivity index (χ1) is 9.18. The highest BCUT2D eigenvalue weighted by Crippen LogP contribution is 2.29. The molecule has 3 rings (SSSR count). The van der Waals surface area contributed by atoms with Crippen LogP contribution in [0.25, 0.3) is 0 Å². The molecule has 0 amide bonds. The van der Waals surface area contributed by atoms with E-state index in [0.717, 1.165) is 12.1 Å². The Morgan fingerprint density at radius 2 is 1.84 bits per heavy atom. The van der Waals surface area contributed by atoms with Crippen molar-refractivity contribution in [1.82, 2.24) is 0 Å². The van der Waals surface area contributed by atoms with Crippen LogP contribution in [0, 0.1) is 6.07 Å². The van der Waals surface area contributed by atoms with Gasteiger partial charge in [0.15, 0.2) is 9.84 Å². The summed E-state index contributed by atoms with van der Waals surface area (Å²) in [6.45, 7) is 0. The van der Waals surface area contributed by atoms with E-state index in [1.54, 1.807) is 24.3 Å². The second kappa shape index (κ2) is 4.70. The third kappa shape index (κ3) is 2.24. The number of sulfone groups is 1. The Hall–Kier alpha value is -1.81. The number of rotatable bonds is 2. The number of hydrogen-bond acceptors (Lipinski definition) is 3. The third-order valence-electron chi connectivity index (χ3n) is 3.40. The first-order valence-electron chi connectivity index (χ1n) is 6.22. The largest absolute Gasteiger partial charge is 0.369 e. The SMILES string of the molecule is O=S(=O)(c1cc[c]cc1)C1CCc2ccccc2N1. The highest BCUT2D eigenvalue weighted by Gasteiger charge is 2.30. The molecule has 0 bridgehead atoms. The van der Waals surface area contributed by atoms with Crippen LogP contribution >= 0.6 is 0 Å². The monoisotopic (exact) mass is 272 g/mol. The van der Waals surface area contributed by atoms with Gasteiger partial charge in [0, 0.05) is 5.69 Å². The molecule has 2 aromatic carbocycles. The van der Waals surface area contributed by atoms with E-state index >= 15 is 0 Å². The Labute approximate surface area is 113 Å². The first-order valence-corrected chi connectivity index (χ1v) is 7.77. The molecule has 97 valence electrons. The summed E-state index contributed by atoms with van der Waals surface area (Å²) in [5.74, 6) is 0. The number of benzene rings is 2. The van der Waals surface area contributed by atoms with Crippen molar-refractivity contribution < 1.29 is 8.42 Å². The van der Waals surface area contributed by atoms with E-state index in [9.17, 15) is 8.42 Å². The lowest BCUT2D eigenvalue weighted by Crippen LogP contribution is -2.33. The summed E-state index contributed by atoms with van der Waals surface area (Å²) in [7, 11) is -3.34. The van der Waals surface area contributed by atoms with Gasteiger partial charge in [-0.3, -0.25) is 0 Å². The lowest BCUT2D eigenvalue weighted by molar-refractivity contribution is 0.576. The van der Waals surface area contributed by atoms with Gasteiger partial charge in [-0.1, -0.05) is 30.3 Å². The van der Waals surface area contributed by atoms with Crippen LogP contribution < -0.4 is 5.32 Å². The predicted octanol–water partition coefficient (Wildman–Crippen LogP) is 2.64. The van der Waals surface area contributed by atoms with Crippen molar-refractivity contribution in [3.8, 4) is 0 Å². The lowest BCUT2D eigenvalue weighted by Gasteiger charge is -2.26. The summed E-state index contributed by atoms with van der Waals surface area (Å²) < 4.78 is 25.0. The summed E-state index contributed by atoms with van der Waals surface area (Å²) in [6.07, 6.45) is 1.38. The molecule has 1 heterocycles. The maximum absolute atomic E-state index is 12.5. The van der Waals surface area contributed by atoms with Gasteiger partial charge in [0.2, 0.25) is 0 Å². The maximum Gasteiger partial charge on any atom is 0.199 e. The zero-order chi connectivity index (χ0) is 13.3. The number of hydrogen-bond donors (Lipinski definition) is 1. The van der Waals surface area contributed by atoms with Gasteiger partial charge in [0.25, 0.3) is 0 Å². The van der Waals surface area contributed by atoms with Crippen LogP contribution in [0.1, 0.15) is 12.0 Å². The van der Waals surface area contributed by atoms with Gasteiger partial charge in [0.05, 0.1) is 4.90 Å². The van der Waals surface area contributed by atoms with Gasteiger partial charge in [-0.25, -0.2) is 8.42 Å². The molecule has 1 unspecified atom stereocenters.